The molecule has 0 aliphatic rings. The number of nitriles is 1. The molecule has 0 aliphatic carbocycles. The lowest BCUT2D eigenvalue weighted by Crippen LogP contribution is -2.12. The zero-order valence-electron chi connectivity index (χ0n) is 10.5. The number of hydrogen-bond acceptors (Lipinski definition) is 3. The number of hydrogen-bond donors (Lipinski definition) is 1. The topological polar surface area (TPSA) is 53.0 Å². The maximum absolute atomic E-state index is 9.18. The molecule has 0 saturated carbocycles. The maximum Gasteiger partial charge on any atom is 0.101 e. The Morgan fingerprint density at radius 2 is 1.83 bits per heavy atom. The molecule has 3 nitrogen and oxygen atoms in total. The molecule has 0 aliphatic heterocycles. The second kappa shape index (κ2) is 4.80. The minimum absolute atomic E-state index is 0.584. The van der Waals surface area contributed by atoms with Gasteiger partial charge in [-0.15, -0.1) is 0 Å². The molecule has 0 saturated heterocycles. The third kappa shape index (κ3) is 2.14. The highest BCUT2D eigenvalue weighted by Crippen LogP contribution is 2.29. The van der Waals surface area contributed by atoms with Crippen molar-refractivity contribution in [2.75, 3.05) is 17.7 Å². The van der Waals surface area contributed by atoms with Gasteiger partial charge in [-0.25, -0.2) is 0 Å². The van der Waals surface area contributed by atoms with Gasteiger partial charge in [-0.3, -0.25) is 0 Å². The molecule has 2 N–H and O–H groups in total. The van der Waals surface area contributed by atoms with E-state index in [0.29, 0.717) is 11.3 Å². The Morgan fingerprint density at radius 3 is 2.50 bits per heavy atom. The molecule has 18 heavy (non-hydrogen) atoms. The molecule has 0 spiro atoms. The van der Waals surface area contributed by atoms with E-state index in [1.807, 2.05) is 42.3 Å². The van der Waals surface area contributed by atoms with Crippen LogP contribution >= 0.6 is 0 Å². The van der Waals surface area contributed by atoms with E-state index < -0.39 is 0 Å². The van der Waals surface area contributed by atoms with E-state index in [1.165, 1.54) is 5.56 Å². The monoisotopic (exact) mass is 237 g/mol. The van der Waals surface area contributed by atoms with Crippen LogP contribution in [0.25, 0.3) is 0 Å². The molecule has 0 unspecified atom stereocenters. The lowest BCUT2D eigenvalue weighted by Gasteiger charge is -2.22. The zero-order valence-corrected chi connectivity index (χ0v) is 10.5. The molecule has 3 heteroatoms. The summed E-state index contributed by atoms with van der Waals surface area (Å²) in [5, 5.41) is 9.18. The van der Waals surface area contributed by atoms with Crippen molar-refractivity contribution in [2.24, 2.45) is 0 Å². The van der Waals surface area contributed by atoms with Gasteiger partial charge in [-0.05, 0) is 36.8 Å². The normalized spacial score (nSPS) is 9.83. The number of para-hydroxylation sites is 1. The van der Waals surface area contributed by atoms with E-state index in [0.717, 1.165) is 11.4 Å². The molecule has 0 amide bonds. The van der Waals surface area contributed by atoms with E-state index in [9.17, 15) is 5.26 Å². The standard InChI is InChI=1S/C15H15N3/c1-11-5-3-4-6-14(11)18(2)15-8-7-13(17)9-12(15)10-16/h3-9H,17H2,1-2H3. The van der Waals surface area contributed by atoms with E-state index >= 15 is 0 Å². The highest BCUT2D eigenvalue weighted by Gasteiger charge is 2.10. The molecule has 90 valence electrons. The number of rotatable bonds is 2. The van der Waals surface area contributed by atoms with Gasteiger partial charge in [-0.2, -0.15) is 5.26 Å². The van der Waals surface area contributed by atoms with Crippen molar-refractivity contribution in [3.05, 3.63) is 53.6 Å². The van der Waals surface area contributed by atoms with E-state index in [-0.39, 0.29) is 0 Å². The fourth-order valence-electron chi connectivity index (χ4n) is 2.01. The Kier molecular flexibility index (Phi) is 3.20. The highest BCUT2D eigenvalue weighted by molar-refractivity contribution is 5.72. The van der Waals surface area contributed by atoms with Crippen molar-refractivity contribution in [3.8, 4) is 6.07 Å². The molecule has 2 rings (SSSR count). The van der Waals surface area contributed by atoms with Gasteiger partial charge in [0.25, 0.3) is 0 Å². The molecule has 2 aromatic carbocycles. The van der Waals surface area contributed by atoms with Crippen molar-refractivity contribution >= 4 is 17.1 Å². The number of nitrogen functional groups attached to an aromatic ring is 1. The lowest BCUT2D eigenvalue weighted by atomic mass is 10.1. The van der Waals surface area contributed by atoms with Crippen LogP contribution in [0.15, 0.2) is 42.5 Å². The smallest absolute Gasteiger partial charge is 0.101 e. The summed E-state index contributed by atoms with van der Waals surface area (Å²) in [5.74, 6) is 0. The molecule has 0 fully saturated rings. The van der Waals surface area contributed by atoms with E-state index in [1.54, 1.807) is 6.07 Å². The van der Waals surface area contributed by atoms with Crippen LogP contribution in [0, 0.1) is 18.3 Å². The van der Waals surface area contributed by atoms with E-state index in [4.69, 9.17) is 5.73 Å². The number of benzene rings is 2. The predicted molar refractivity (Wildman–Crippen MR) is 74.8 cm³/mol. The molecule has 2 aromatic rings. The summed E-state index contributed by atoms with van der Waals surface area (Å²) in [5.41, 5.74) is 10.0. The SMILES string of the molecule is Cc1ccccc1N(C)c1ccc(N)cc1C#N. The van der Waals surface area contributed by atoms with Gasteiger partial charge in [0, 0.05) is 18.4 Å². The first-order valence-corrected chi connectivity index (χ1v) is 5.72. The minimum Gasteiger partial charge on any atom is -0.399 e. The first-order valence-electron chi connectivity index (χ1n) is 5.72. The van der Waals surface area contributed by atoms with Crippen LogP contribution in [0.1, 0.15) is 11.1 Å². The van der Waals surface area contributed by atoms with Gasteiger partial charge in [0.05, 0.1) is 11.3 Å². The van der Waals surface area contributed by atoms with Crippen LogP contribution in [0.2, 0.25) is 0 Å². The predicted octanol–water partition coefficient (Wildman–Crippen LogP) is 3.22. The second-order valence-electron chi connectivity index (χ2n) is 4.23. The number of aryl methyl sites for hydroxylation is 1. The average Bonchev–Trinajstić information content (AvgIpc) is 2.38. The van der Waals surface area contributed by atoms with Crippen molar-refractivity contribution < 1.29 is 0 Å². The van der Waals surface area contributed by atoms with Crippen LogP contribution in [-0.2, 0) is 0 Å². The van der Waals surface area contributed by atoms with Crippen LogP contribution in [0.5, 0.6) is 0 Å². The molecule has 0 bridgehead atoms. The number of nitrogens with zero attached hydrogens (tertiary/aromatic N) is 2. The van der Waals surface area contributed by atoms with Gasteiger partial charge in [0.15, 0.2) is 0 Å². The Hall–Kier alpha value is -2.47. The maximum atomic E-state index is 9.18. The van der Waals surface area contributed by atoms with Crippen LogP contribution < -0.4 is 10.6 Å². The molecule has 0 radical (unpaired) electrons. The first-order chi connectivity index (χ1) is 8.63. The Bertz CT molecular complexity index is 611. The van der Waals surface area contributed by atoms with Crippen LogP contribution in [-0.4, -0.2) is 7.05 Å². The third-order valence-electron chi connectivity index (χ3n) is 2.98. The number of anilines is 3. The lowest BCUT2D eigenvalue weighted by molar-refractivity contribution is 1.18. The summed E-state index contributed by atoms with van der Waals surface area (Å²) in [6.45, 7) is 2.05. The van der Waals surface area contributed by atoms with Gasteiger partial charge in [-0.1, -0.05) is 18.2 Å². The van der Waals surface area contributed by atoms with Gasteiger partial charge < -0.3 is 10.6 Å². The minimum atomic E-state index is 0.584. The quantitative estimate of drug-likeness (QED) is 0.816. The molecular formula is C15H15N3. The largest absolute Gasteiger partial charge is 0.399 e. The molecule has 0 heterocycles. The summed E-state index contributed by atoms with van der Waals surface area (Å²) >= 11 is 0. The highest BCUT2D eigenvalue weighted by atomic mass is 15.1. The van der Waals surface area contributed by atoms with Crippen LogP contribution in [0.3, 0.4) is 0 Å². The Balaban J connectivity index is 2.50. The van der Waals surface area contributed by atoms with Gasteiger partial charge in [0.2, 0.25) is 0 Å². The number of nitrogens with two attached hydrogens (primary N) is 1. The first kappa shape index (κ1) is 12.0. The Morgan fingerprint density at radius 1 is 1.11 bits per heavy atom. The van der Waals surface area contributed by atoms with Gasteiger partial charge >= 0.3 is 0 Å². The van der Waals surface area contributed by atoms with Crippen molar-refractivity contribution in [3.63, 3.8) is 0 Å². The van der Waals surface area contributed by atoms with Crippen molar-refractivity contribution in [1.82, 2.24) is 0 Å². The summed E-state index contributed by atoms with van der Waals surface area (Å²) in [4.78, 5) is 2.01. The Labute approximate surface area is 107 Å². The second-order valence-corrected chi connectivity index (χ2v) is 4.23. The summed E-state index contributed by atoms with van der Waals surface area (Å²) < 4.78 is 0. The van der Waals surface area contributed by atoms with Crippen molar-refractivity contribution in [1.29, 1.82) is 5.26 Å². The fourth-order valence-corrected chi connectivity index (χ4v) is 2.01. The average molecular weight is 237 g/mol. The van der Waals surface area contributed by atoms with E-state index in [2.05, 4.69) is 19.1 Å². The van der Waals surface area contributed by atoms with Crippen molar-refractivity contribution in [2.45, 2.75) is 6.92 Å². The summed E-state index contributed by atoms with van der Waals surface area (Å²) in [7, 11) is 1.95. The molecule has 0 atom stereocenters. The van der Waals surface area contributed by atoms with Crippen LogP contribution in [0.4, 0.5) is 17.1 Å². The fraction of sp³-hybridized carbons (Fsp3) is 0.133. The zero-order chi connectivity index (χ0) is 13.1. The summed E-state index contributed by atoms with van der Waals surface area (Å²) in [6, 6.07) is 15.6. The molecule has 0 aromatic heterocycles. The van der Waals surface area contributed by atoms with Gasteiger partial charge in [0.1, 0.15) is 6.07 Å². The molecular weight excluding hydrogens is 222 g/mol. The third-order valence-corrected chi connectivity index (χ3v) is 2.98. The summed E-state index contributed by atoms with van der Waals surface area (Å²) in [6.07, 6.45) is 0.